The minimum Gasteiger partial charge on any atom is -0.479 e. The van der Waals surface area contributed by atoms with Crippen molar-refractivity contribution in [2.45, 2.75) is 50.1 Å². The Morgan fingerprint density at radius 2 is 1.09 bits per heavy atom. The number of hydrogen-bond donors (Lipinski definition) is 0. The maximum Gasteiger partial charge on any atom is 0.416 e. The molecule has 7 nitrogen and oxygen atoms in total. The summed E-state index contributed by atoms with van der Waals surface area (Å²) in [4.78, 5) is 63.7. The molecule has 3 aliphatic carbocycles. The van der Waals surface area contributed by atoms with E-state index < -0.39 is 52.2 Å². The monoisotopic (exact) mass is 824 g/mol. The van der Waals surface area contributed by atoms with Gasteiger partial charge in [-0.15, -0.1) is 45.3 Å². The number of nitrogens with zero attached hydrogens (tertiary/aromatic N) is 2. The van der Waals surface area contributed by atoms with Gasteiger partial charge in [0.2, 0.25) is 23.1 Å². The van der Waals surface area contributed by atoms with E-state index in [9.17, 15) is 45.5 Å². The molecule has 4 aliphatic rings. The molecule has 0 unspecified atom stereocenters. The molecule has 0 bridgehead atoms. The van der Waals surface area contributed by atoms with E-state index in [4.69, 9.17) is 14.7 Å². The average Bonchev–Trinajstić information content (AvgIpc) is 3.96. The SMILES string of the molecule is O=C1C(=O)c2ccc(C(F)(F)F)cc2/C1=C/c1nc2sc3c(c2s1)OC1(CCCCC1)c1c-3sc2nc(/C=C3\C(=O)C(=O)c4ccc(C(F)(F)F)cc43)sc12. The molecule has 5 heterocycles. The fraction of sp³-hybridized carbons (Fsp3) is 0.211. The summed E-state index contributed by atoms with van der Waals surface area (Å²) in [6.07, 6.45) is -2.49. The Morgan fingerprint density at radius 1 is 0.600 bits per heavy atom. The van der Waals surface area contributed by atoms with Gasteiger partial charge in [-0.2, -0.15) is 26.3 Å². The van der Waals surface area contributed by atoms with Gasteiger partial charge in [-0.05, 0) is 85.4 Å². The lowest BCUT2D eigenvalue weighted by Crippen LogP contribution is -2.37. The predicted octanol–water partition coefficient (Wildman–Crippen LogP) is 10.9. The molecule has 1 fully saturated rings. The molecule has 0 saturated heterocycles. The number of halogens is 6. The van der Waals surface area contributed by atoms with Crippen molar-refractivity contribution in [1.82, 2.24) is 9.97 Å². The van der Waals surface area contributed by atoms with Crippen LogP contribution in [0.1, 0.15) is 90.7 Å². The number of allylic oxidation sites excluding steroid dienone is 2. The van der Waals surface area contributed by atoms with E-state index in [1.54, 1.807) is 0 Å². The highest BCUT2D eigenvalue weighted by atomic mass is 32.1. The fourth-order valence-corrected chi connectivity index (χ4v) is 12.8. The van der Waals surface area contributed by atoms with Crippen molar-refractivity contribution in [3.63, 3.8) is 0 Å². The lowest BCUT2D eigenvalue weighted by Gasteiger charge is -2.40. The molecule has 17 heteroatoms. The molecule has 1 saturated carbocycles. The van der Waals surface area contributed by atoms with Crippen molar-refractivity contribution in [3.8, 4) is 15.5 Å². The molecule has 0 amide bonds. The van der Waals surface area contributed by atoms with E-state index in [1.165, 1.54) is 57.5 Å². The van der Waals surface area contributed by atoms with E-state index >= 15 is 0 Å². The fourth-order valence-electron chi connectivity index (χ4n) is 7.79. The highest BCUT2D eigenvalue weighted by Crippen LogP contribution is 2.62. The molecule has 0 N–H and O–H groups in total. The van der Waals surface area contributed by atoms with E-state index in [2.05, 4.69) is 0 Å². The van der Waals surface area contributed by atoms with Gasteiger partial charge in [0.05, 0.1) is 25.6 Å². The Morgan fingerprint density at radius 3 is 1.62 bits per heavy atom. The quantitative estimate of drug-likeness (QED) is 0.0973. The smallest absolute Gasteiger partial charge is 0.416 e. The molecule has 10 rings (SSSR count). The van der Waals surface area contributed by atoms with Gasteiger partial charge < -0.3 is 4.74 Å². The van der Waals surface area contributed by atoms with Crippen LogP contribution in [0.25, 0.3) is 52.1 Å². The maximum absolute atomic E-state index is 13.5. The third-order valence-electron chi connectivity index (χ3n) is 10.3. The topological polar surface area (TPSA) is 103 Å². The first-order chi connectivity index (χ1) is 26.1. The van der Waals surface area contributed by atoms with Gasteiger partial charge in [0.25, 0.3) is 0 Å². The van der Waals surface area contributed by atoms with Crippen LogP contribution in [0.5, 0.6) is 5.75 Å². The second-order valence-corrected chi connectivity index (χ2v) is 17.6. The van der Waals surface area contributed by atoms with Crippen LogP contribution in [-0.2, 0) is 27.5 Å². The number of aromatic nitrogens is 2. The van der Waals surface area contributed by atoms with Crippen molar-refractivity contribution in [3.05, 3.63) is 85.4 Å². The minimum absolute atomic E-state index is 0.0810. The number of ether oxygens (including phenoxy) is 1. The number of fused-ring (bicyclic) bond motifs is 10. The number of rotatable bonds is 2. The van der Waals surface area contributed by atoms with Gasteiger partial charge in [0.15, 0.2) is 5.75 Å². The Hall–Kier alpha value is -4.84. The summed E-state index contributed by atoms with van der Waals surface area (Å²) >= 11 is 5.25. The summed E-state index contributed by atoms with van der Waals surface area (Å²) in [6, 6.07) is 5.24. The number of carbonyl (C=O) groups is 4. The van der Waals surface area contributed by atoms with E-state index in [0.29, 0.717) is 43.0 Å². The predicted molar refractivity (Wildman–Crippen MR) is 197 cm³/mol. The molecule has 6 aromatic rings. The summed E-state index contributed by atoms with van der Waals surface area (Å²) in [7, 11) is 0. The van der Waals surface area contributed by atoms with Crippen LogP contribution in [0.2, 0.25) is 0 Å². The molecule has 4 aromatic heterocycles. The Bertz CT molecular complexity index is 2840. The molecular formula is C38H18F6N2O5S4. The largest absolute Gasteiger partial charge is 0.479 e. The lowest BCUT2D eigenvalue weighted by molar-refractivity contribution is -0.138. The van der Waals surface area contributed by atoms with Crippen molar-refractivity contribution in [2.24, 2.45) is 0 Å². The van der Waals surface area contributed by atoms with Gasteiger partial charge in [0, 0.05) is 27.8 Å². The number of thiophene rings is 2. The standard InChI is InChI=1S/C38H18F6N2O5S4/c39-37(40,41)14-4-6-16-18(10-14)20(27(49)25(16)47)12-22-45-34-31(52-22)24-30(54-34)32-29(51-36(24)8-2-1-3-9-36)33-35(55-32)46-23(53-33)13-21-19-11-15(38(42,43)44)5-7-17(19)26(48)28(21)50/h4-7,10-13H,1-3,8-9H2/b20-12-,21-13-. The highest BCUT2D eigenvalue weighted by molar-refractivity contribution is 7.34. The molecule has 0 atom stereocenters. The number of ketones is 4. The number of benzene rings is 2. The van der Waals surface area contributed by atoms with Crippen LogP contribution in [0, 0.1) is 0 Å². The van der Waals surface area contributed by atoms with Gasteiger partial charge in [-0.1, -0.05) is 6.42 Å². The van der Waals surface area contributed by atoms with Crippen molar-refractivity contribution in [2.75, 3.05) is 0 Å². The van der Waals surface area contributed by atoms with Crippen molar-refractivity contribution < 1.29 is 50.3 Å². The maximum atomic E-state index is 13.5. The molecule has 276 valence electrons. The average molecular weight is 825 g/mol. The van der Waals surface area contributed by atoms with Crippen LogP contribution in [0.4, 0.5) is 26.3 Å². The number of Topliss-reactive ketones (excluding diaryl/α,β-unsaturated/α-hetero) is 4. The van der Waals surface area contributed by atoms with Crippen LogP contribution in [-0.4, -0.2) is 33.1 Å². The highest BCUT2D eigenvalue weighted by Gasteiger charge is 2.47. The summed E-state index contributed by atoms with van der Waals surface area (Å²) < 4.78 is 89.7. The first-order valence-corrected chi connectivity index (χ1v) is 20.0. The summed E-state index contributed by atoms with van der Waals surface area (Å²) in [5.74, 6) is -2.95. The van der Waals surface area contributed by atoms with Crippen molar-refractivity contribution in [1.29, 1.82) is 0 Å². The number of hydrogen-bond acceptors (Lipinski definition) is 11. The summed E-state index contributed by atoms with van der Waals surface area (Å²) in [6.45, 7) is 0. The molecule has 0 radical (unpaired) electrons. The number of carbonyl (C=O) groups excluding carboxylic acids is 4. The second-order valence-electron chi connectivity index (χ2n) is 13.5. The van der Waals surface area contributed by atoms with Crippen molar-refractivity contribution >= 4 is 111 Å². The van der Waals surface area contributed by atoms with Gasteiger partial charge >= 0.3 is 12.4 Å². The number of thiazole rings is 2. The van der Waals surface area contributed by atoms with Gasteiger partial charge in [-0.3, -0.25) is 19.2 Å². The van der Waals surface area contributed by atoms with Gasteiger partial charge in [-0.25, -0.2) is 9.97 Å². The van der Waals surface area contributed by atoms with Crippen LogP contribution < -0.4 is 4.74 Å². The van der Waals surface area contributed by atoms with E-state index in [0.717, 1.165) is 75.7 Å². The van der Waals surface area contributed by atoms with Gasteiger partial charge in [0.1, 0.15) is 30.0 Å². The van der Waals surface area contributed by atoms with E-state index in [1.807, 2.05) is 0 Å². The van der Waals surface area contributed by atoms with E-state index in [-0.39, 0.29) is 33.4 Å². The van der Waals surface area contributed by atoms with Crippen LogP contribution >= 0.6 is 45.3 Å². The number of alkyl halides is 6. The zero-order valence-corrected chi connectivity index (χ0v) is 30.8. The molecular weight excluding hydrogens is 807 g/mol. The Labute approximate surface area is 320 Å². The first kappa shape index (κ1) is 34.6. The molecule has 1 aliphatic heterocycles. The Kier molecular flexibility index (Phi) is 7.30. The molecule has 55 heavy (non-hydrogen) atoms. The summed E-state index contributed by atoms with van der Waals surface area (Å²) in [5, 5.41) is 0.686. The third-order valence-corrected chi connectivity index (χ3v) is 14.9. The lowest BCUT2D eigenvalue weighted by atomic mass is 9.78. The minimum atomic E-state index is -4.67. The van der Waals surface area contributed by atoms with Crippen LogP contribution in [0.3, 0.4) is 0 Å². The third kappa shape index (κ3) is 5.12. The Balaban J connectivity index is 1.07. The normalized spacial score (nSPS) is 19.2. The first-order valence-electron chi connectivity index (χ1n) is 16.7. The van der Waals surface area contributed by atoms with Crippen LogP contribution in [0.15, 0.2) is 36.4 Å². The zero-order chi connectivity index (χ0) is 38.3. The summed E-state index contributed by atoms with van der Waals surface area (Å²) in [5.41, 5.74) is -2.40. The molecule has 1 spiro atoms. The second kappa shape index (κ2) is 11.6. The zero-order valence-electron chi connectivity index (χ0n) is 27.5. The molecule has 2 aromatic carbocycles.